The van der Waals surface area contributed by atoms with E-state index in [0.717, 1.165) is 35.0 Å². The van der Waals surface area contributed by atoms with Gasteiger partial charge in [-0.15, -0.1) is 0 Å². The quantitative estimate of drug-likeness (QED) is 0.134. The fourth-order valence-electron chi connectivity index (χ4n) is 10.1. The number of nitrogens with zero attached hydrogens (tertiary/aromatic N) is 2. The molecule has 0 bridgehead atoms. The molecule has 2 aromatic rings. The first-order valence-electron chi connectivity index (χ1n) is 19.9. The lowest BCUT2D eigenvalue weighted by atomic mass is 9.53. The number of fused-ring (bicyclic) bond motifs is 1. The molecular formula is C44H60BF2N3O3. The zero-order chi connectivity index (χ0) is 38.0. The zero-order valence-electron chi connectivity index (χ0n) is 32.5. The minimum Gasteiger partial charge on any atom is -0.393 e. The van der Waals surface area contributed by atoms with Crippen LogP contribution in [0.3, 0.4) is 0 Å². The van der Waals surface area contributed by atoms with E-state index < -0.39 is 19.1 Å². The average molecular weight is 728 g/mol. The summed E-state index contributed by atoms with van der Waals surface area (Å²) in [6.45, 7) is 16.2. The Morgan fingerprint density at radius 3 is 2.74 bits per heavy atom. The van der Waals surface area contributed by atoms with Crippen LogP contribution in [-0.2, 0) is 4.74 Å². The maximum Gasteiger partial charge on any atom is 0.678 e. The fourth-order valence-corrected chi connectivity index (χ4v) is 10.1. The number of halogens is 2. The van der Waals surface area contributed by atoms with Crippen LogP contribution in [0.25, 0.3) is 17.5 Å². The molecule has 3 aliphatic carbocycles. The predicted octanol–water partition coefficient (Wildman–Crippen LogP) is 10.4. The minimum absolute atomic E-state index is 0.0377. The Morgan fingerprint density at radius 2 is 2.00 bits per heavy atom. The minimum atomic E-state index is -2.69. The van der Waals surface area contributed by atoms with Crippen molar-refractivity contribution in [3.8, 4) is 11.4 Å². The van der Waals surface area contributed by atoms with Gasteiger partial charge in [-0.3, -0.25) is 13.6 Å². The lowest BCUT2D eigenvalue weighted by molar-refractivity contribution is 0.0100. The molecule has 0 saturated heterocycles. The molecule has 6 rings (SSSR count). The van der Waals surface area contributed by atoms with Gasteiger partial charge in [0.25, 0.3) is 0 Å². The molecule has 2 aromatic heterocycles. The van der Waals surface area contributed by atoms with Crippen LogP contribution in [0.4, 0.5) is 8.63 Å². The number of ether oxygens (including phenoxy) is 1. The number of aliphatic imine (C=N–C) groups is 1. The van der Waals surface area contributed by atoms with Crippen molar-refractivity contribution >= 4 is 19.2 Å². The van der Waals surface area contributed by atoms with Crippen molar-refractivity contribution in [3.05, 3.63) is 90.0 Å². The highest BCUT2D eigenvalue weighted by molar-refractivity contribution is 6.42. The summed E-state index contributed by atoms with van der Waals surface area (Å²) in [5.74, 6) is 1.38. The number of aliphatic hydroxyl groups is 2. The fraction of sp³-hybridized carbons (Fsp3) is 0.568. The van der Waals surface area contributed by atoms with E-state index in [2.05, 4.69) is 55.6 Å². The molecule has 4 aliphatic rings. The lowest BCUT2D eigenvalue weighted by Gasteiger charge is -2.51. The number of hydrogen-bond donors (Lipinski definition) is 3. The molecule has 9 heteroatoms. The molecule has 3 heterocycles. The predicted molar refractivity (Wildman–Crippen MR) is 214 cm³/mol. The number of H-pyrrole nitrogens is 1. The molecule has 0 amide bonds. The lowest BCUT2D eigenvalue weighted by Crippen LogP contribution is -2.43. The second-order valence-corrected chi connectivity index (χ2v) is 17.3. The molecule has 286 valence electrons. The Morgan fingerprint density at radius 1 is 1.19 bits per heavy atom. The summed E-state index contributed by atoms with van der Waals surface area (Å²) in [5, 5.41) is 21.1. The Kier molecular flexibility index (Phi) is 12.1. The Labute approximate surface area is 316 Å². The van der Waals surface area contributed by atoms with Crippen LogP contribution in [0.2, 0.25) is 0 Å². The van der Waals surface area contributed by atoms with Gasteiger partial charge in [-0.1, -0.05) is 64.0 Å². The van der Waals surface area contributed by atoms with E-state index in [-0.39, 0.29) is 22.9 Å². The molecule has 3 N–H and O–H groups in total. The van der Waals surface area contributed by atoms with Crippen LogP contribution in [0.1, 0.15) is 111 Å². The van der Waals surface area contributed by atoms with Gasteiger partial charge < -0.3 is 24.4 Å². The van der Waals surface area contributed by atoms with Crippen molar-refractivity contribution in [3.63, 3.8) is 0 Å². The number of aromatic amines is 1. The van der Waals surface area contributed by atoms with Crippen LogP contribution in [0.5, 0.6) is 0 Å². The summed E-state index contributed by atoms with van der Waals surface area (Å²) in [4.78, 5) is 7.67. The van der Waals surface area contributed by atoms with Gasteiger partial charge in [0, 0.05) is 36.4 Å². The number of rotatable bonds is 14. The second-order valence-electron chi connectivity index (χ2n) is 17.3. The van der Waals surface area contributed by atoms with Gasteiger partial charge in [0.1, 0.15) is 0 Å². The Bertz CT molecular complexity index is 1750. The first-order valence-corrected chi connectivity index (χ1v) is 19.9. The molecule has 1 unspecified atom stereocenters. The molecule has 3 fully saturated rings. The number of aliphatic hydroxyl groups excluding tert-OH is 1. The molecular weight excluding hydrogens is 667 g/mol. The molecule has 7 atom stereocenters. The van der Waals surface area contributed by atoms with E-state index in [9.17, 15) is 18.8 Å². The molecule has 0 radical (unpaired) electrons. The summed E-state index contributed by atoms with van der Waals surface area (Å²) < 4.78 is 35.4. The first kappa shape index (κ1) is 39.4. The van der Waals surface area contributed by atoms with Crippen molar-refractivity contribution in [2.24, 2.45) is 33.6 Å². The van der Waals surface area contributed by atoms with E-state index in [1.54, 1.807) is 42.1 Å². The van der Waals surface area contributed by atoms with Crippen molar-refractivity contribution < 1.29 is 23.6 Å². The molecule has 1 aliphatic heterocycles. The number of nitrogens with one attached hydrogen (secondary N) is 1. The monoisotopic (exact) mass is 727 g/mol. The first-order chi connectivity index (χ1) is 25.2. The van der Waals surface area contributed by atoms with Gasteiger partial charge >= 0.3 is 7.40 Å². The van der Waals surface area contributed by atoms with Gasteiger partial charge in [-0.05, 0) is 130 Å². The molecule has 6 nitrogen and oxygen atoms in total. The molecule has 0 spiro atoms. The topological polar surface area (TPSA) is 82.8 Å². The zero-order valence-corrected chi connectivity index (χ0v) is 32.5. The number of aromatic nitrogens is 2. The van der Waals surface area contributed by atoms with Gasteiger partial charge in [0.2, 0.25) is 0 Å². The van der Waals surface area contributed by atoms with Crippen LogP contribution >= 0.6 is 0 Å². The number of allylic oxidation sites excluding steroid dienone is 6. The maximum atomic E-state index is 14.0. The van der Waals surface area contributed by atoms with E-state index in [4.69, 9.17) is 4.74 Å². The molecule has 3 saturated carbocycles. The third-order valence-electron chi connectivity index (χ3n) is 13.3. The van der Waals surface area contributed by atoms with E-state index >= 15 is 0 Å². The van der Waals surface area contributed by atoms with E-state index in [1.165, 1.54) is 32.1 Å². The highest BCUT2D eigenvalue weighted by Crippen LogP contribution is 2.67. The Balaban J connectivity index is 1.04. The molecule has 0 aromatic carbocycles. The third-order valence-corrected chi connectivity index (χ3v) is 13.3. The van der Waals surface area contributed by atoms with E-state index in [1.807, 2.05) is 26.0 Å². The normalized spacial score (nSPS) is 31.2. The van der Waals surface area contributed by atoms with Crippen LogP contribution in [0, 0.1) is 28.6 Å². The van der Waals surface area contributed by atoms with Crippen LogP contribution in [0.15, 0.2) is 89.3 Å². The standard InChI is InChI=1S/C44H60BF2N3O3/c1-30(11-8-22-42(3,4)52)38-20-24-43(5)33(14-9-23-44(38,43)6)13-7-12-32-27-37(51)29-41(31(32)2)53-26-21-34-16-17-35(49-34)28-36-18-19-40(50(36)45(46)47)39-15-10-25-48-39/h7,10,12-13,15-19,25,28,30,32,37-38,41,48,51-52H,2,8-9,11,14,20-24,26-27,29H2,1,3-6H3/b12-7-,33-13+,35-28+/t30-,32?,37-,38-,41+,43+,44-/m1/s1. The summed E-state index contributed by atoms with van der Waals surface area (Å²) in [5.41, 5.74) is 5.31. The van der Waals surface area contributed by atoms with Crippen molar-refractivity contribution in [1.29, 1.82) is 0 Å². The second kappa shape index (κ2) is 16.2. The highest BCUT2D eigenvalue weighted by Gasteiger charge is 2.57. The van der Waals surface area contributed by atoms with Gasteiger partial charge in [0.05, 0.1) is 41.5 Å². The summed E-state index contributed by atoms with van der Waals surface area (Å²) >= 11 is 0. The smallest absolute Gasteiger partial charge is 0.393 e. The summed E-state index contributed by atoms with van der Waals surface area (Å²) in [7, 11) is -2.69. The van der Waals surface area contributed by atoms with Crippen molar-refractivity contribution in [1.82, 2.24) is 9.46 Å². The van der Waals surface area contributed by atoms with Gasteiger partial charge in [-0.25, -0.2) is 0 Å². The maximum absolute atomic E-state index is 14.0. The Hall–Kier alpha value is -3.27. The average Bonchev–Trinajstić information content (AvgIpc) is 3.90. The largest absolute Gasteiger partial charge is 0.678 e. The van der Waals surface area contributed by atoms with E-state index in [0.29, 0.717) is 60.5 Å². The van der Waals surface area contributed by atoms with Crippen molar-refractivity contribution in [2.75, 3.05) is 6.61 Å². The van der Waals surface area contributed by atoms with Crippen molar-refractivity contribution in [2.45, 2.75) is 123 Å². The van der Waals surface area contributed by atoms with Gasteiger partial charge in [0.15, 0.2) is 0 Å². The van der Waals surface area contributed by atoms with Crippen LogP contribution in [-0.4, -0.2) is 57.2 Å². The third kappa shape index (κ3) is 8.68. The van der Waals surface area contributed by atoms with Gasteiger partial charge in [-0.2, -0.15) is 0 Å². The summed E-state index contributed by atoms with van der Waals surface area (Å²) in [6, 6.07) is 6.93. The SMILES string of the molecule is C=C1C(/C=C\C=C2/CCC[C@]3(C)[C@@H]([C@H](C)CCCC(C)(C)O)CC[C@@]23C)C[C@@H](O)C[C@@H]1OCCC1=N/C(=C/c2ccc(-c3ccc[nH]3)n2B(F)F)C=C1. The summed E-state index contributed by atoms with van der Waals surface area (Å²) in [6.07, 6.45) is 24.2. The number of hydrogen-bond acceptors (Lipinski definition) is 4. The highest BCUT2D eigenvalue weighted by atomic mass is 19.2. The molecule has 53 heavy (non-hydrogen) atoms. The van der Waals surface area contributed by atoms with Crippen LogP contribution < -0.4 is 0 Å².